The number of nitrogens with one attached hydrogen (secondary N) is 1. The van der Waals surface area contributed by atoms with Gasteiger partial charge in [-0.3, -0.25) is 9.80 Å². The van der Waals surface area contributed by atoms with Crippen molar-refractivity contribution in [3.8, 4) is 0 Å². The molecule has 9 heteroatoms. The van der Waals surface area contributed by atoms with E-state index in [-0.39, 0.29) is 12.7 Å². The Hall–Kier alpha value is -2.65. The quantitative estimate of drug-likeness (QED) is 0.319. The number of nitrogens with zero attached hydrogens (tertiary/aromatic N) is 3. The summed E-state index contributed by atoms with van der Waals surface area (Å²) >= 11 is 4.97. The molecule has 47 heavy (non-hydrogen) atoms. The number of ether oxygens (including phenoxy) is 2. The van der Waals surface area contributed by atoms with Gasteiger partial charge in [-0.1, -0.05) is 100 Å². The fourth-order valence-electron chi connectivity index (χ4n) is 7.31. The van der Waals surface area contributed by atoms with Crippen molar-refractivity contribution in [1.29, 1.82) is 0 Å². The largest absolute Gasteiger partial charge is 0.449 e. The molecule has 2 saturated heterocycles. The fourth-order valence-corrected chi connectivity index (χ4v) is 7.36. The van der Waals surface area contributed by atoms with E-state index in [9.17, 15) is 9.59 Å². The molecule has 0 bridgehead atoms. The summed E-state index contributed by atoms with van der Waals surface area (Å²) < 4.78 is 9.99. The monoisotopic (exact) mass is 668 g/mol. The first kappa shape index (κ1) is 37.2. The van der Waals surface area contributed by atoms with Crippen LogP contribution in [0.2, 0.25) is 0 Å². The average Bonchev–Trinajstić information content (AvgIpc) is 3.12. The van der Waals surface area contributed by atoms with Crippen LogP contribution in [0.5, 0.6) is 0 Å². The second kappa shape index (κ2) is 20.7. The van der Waals surface area contributed by atoms with Gasteiger partial charge in [-0.15, -0.1) is 0 Å². The number of halogens is 1. The molecule has 2 aromatic carbocycles. The van der Waals surface area contributed by atoms with Gasteiger partial charge in [0.05, 0.1) is 0 Å². The Labute approximate surface area is 288 Å². The lowest BCUT2D eigenvalue weighted by Crippen LogP contribution is -2.52. The molecule has 2 aliphatic carbocycles. The molecule has 0 aromatic heterocycles. The molecule has 2 aromatic rings. The smallest absolute Gasteiger partial charge is 0.410 e. The minimum atomic E-state index is -0.770. The zero-order valence-electron chi connectivity index (χ0n) is 28.7. The van der Waals surface area contributed by atoms with Crippen molar-refractivity contribution in [2.75, 3.05) is 52.4 Å². The number of hydrogen-bond donors (Lipinski definition) is 1. The Morgan fingerprint density at radius 1 is 0.681 bits per heavy atom. The number of hydrogen-bond acceptors (Lipinski definition) is 7. The van der Waals surface area contributed by atoms with Crippen LogP contribution >= 0.6 is 11.6 Å². The molecule has 2 aliphatic heterocycles. The highest BCUT2D eigenvalue weighted by Gasteiger charge is 2.29. The van der Waals surface area contributed by atoms with E-state index >= 15 is 0 Å². The Morgan fingerprint density at radius 3 is 1.62 bits per heavy atom. The molecule has 4 fully saturated rings. The number of carbonyl (C=O) groups excluding carboxylic acids is 2. The number of carbonyl (C=O) groups is 2. The van der Waals surface area contributed by atoms with Gasteiger partial charge in [0.15, 0.2) is 0 Å². The Kier molecular flexibility index (Phi) is 16.3. The normalized spacial score (nSPS) is 25.3. The SMILES string of the molecule is C[C@@H]1CCC[C@H](N2CCN(C(=O)OCc3ccccc3)CC2)C1.C[C@@H]1CCC[C@H](N2CCNCC2)C1.O=C(Cl)OCc1ccccc1. The Morgan fingerprint density at radius 2 is 1.15 bits per heavy atom. The number of benzene rings is 2. The first-order valence-electron chi connectivity index (χ1n) is 17.9. The molecule has 0 spiro atoms. The van der Waals surface area contributed by atoms with Crippen molar-refractivity contribution in [1.82, 2.24) is 20.0 Å². The number of rotatable bonds is 6. The van der Waals surface area contributed by atoms with Crippen LogP contribution in [0.1, 0.15) is 76.3 Å². The van der Waals surface area contributed by atoms with Gasteiger partial charge in [0.2, 0.25) is 0 Å². The van der Waals surface area contributed by atoms with Crippen LogP contribution in [0.4, 0.5) is 9.59 Å². The third-order valence-electron chi connectivity index (χ3n) is 9.97. The van der Waals surface area contributed by atoms with Gasteiger partial charge >= 0.3 is 11.5 Å². The second-order valence-corrected chi connectivity index (χ2v) is 14.0. The molecule has 260 valence electrons. The van der Waals surface area contributed by atoms with Crippen molar-refractivity contribution in [2.45, 2.75) is 90.5 Å². The van der Waals surface area contributed by atoms with Crippen LogP contribution in [-0.4, -0.2) is 90.7 Å². The van der Waals surface area contributed by atoms with Crippen LogP contribution in [0.25, 0.3) is 0 Å². The molecule has 2 saturated carbocycles. The van der Waals surface area contributed by atoms with Gasteiger partial charge in [-0.25, -0.2) is 9.59 Å². The third kappa shape index (κ3) is 13.8. The fraction of sp³-hybridized carbons (Fsp3) is 0.632. The molecule has 2 heterocycles. The molecule has 4 atom stereocenters. The van der Waals surface area contributed by atoms with Crippen molar-refractivity contribution in [3.63, 3.8) is 0 Å². The topological polar surface area (TPSA) is 74.4 Å². The molecule has 6 rings (SSSR count). The van der Waals surface area contributed by atoms with E-state index in [4.69, 9.17) is 16.3 Å². The van der Waals surface area contributed by atoms with E-state index in [0.29, 0.717) is 6.61 Å². The zero-order valence-corrected chi connectivity index (χ0v) is 29.4. The van der Waals surface area contributed by atoms with Crippen LogP contribution < -0.4 is 5.32 Å². The van der Waals surface area contributed by atoms with Crippen molar-refractivity contribution >= 4 is 23.1 Å². The van der Waals surface area contributed by atoms with Gasteiger partial charge in [0.1, 0.15) is 13.2 Å². The standard InChI is InChI=1S/C19H28N2O2.C11H22N2.C8H7ClO2/c1-16-6-5-9-18(14-16)20-10-12-21(13-11-20)19(22)23-15-17-7-3-2-4-8-17;1-10-3-2-4-11(9-10)13-7-5-12-6-8-13;9-8(10)11-6-7-4-2-1-3-5-7/h2-4,7-8,16,18H,5-6,9-15H2,1H3;10-12H,2-9H2,1H3;1-5H,6H2/t16-,18+;10-,11+;/m11./s1. The van der Waals surface area contributed by atoms with E-state index < -0.39 is 5.43 Å². The summed E-state index contributed by atoms with van der Waals surface area (Å²) in [6, 6.07) is 20.9. The van der Waals surface area contributed by atoms with Gasteiger partial charge in [-0.05, 0) is 48.6 Å². The van der Waals surface area contributed by atoms with E-state index in [1.54, 1.807) is 0 Å². The van der Waals surface area contributed by atoms with E-state index in [1.165, 1.54) is 77.5 Å². The molecule has 8 nitrogen and oxygen atoms in total. The average molecular weight is 669 g/mol. The zero-order chi connectivity index (χ0) is 33.3. The molecular formula is C38H57ClN4O4. The lowest BCUT2D eigenvalue weighted by Gasteiger charge is -2.41. The van der Waals surface area contributed by atoms with Crippen molar-refractivity contribution in [3.05, 3.63) is 71.8 Å². The summed E-state index contributed by atoms with van der Waals surface area (Å²) in [6.45, 7) is 13.9. The van der Waals surface area contributed by atoms with Crippen LogP contribution in [0, 0.1) is 11.8 Å². The molecular weight excluding hydrogens is 612 g/mol. The predicted molar refractivity (Wildman–Crippen MR) is 190 cm³/mol. The second-order valence-electron chi connectivity index (χ2n) is 13.7. The molecule has 1 amide bonds. The van der Waals surface area contributed by atoms with Gasteiger partial charge in [0, 0.05) is 76.0 Å². The minimum absolute atomic E-state index is 0.175. The Balaban J connectivity index is 0.000000176. The lowest BCUT2D eigenvalue weighted by molar-refractivity contribution is 0.0481. The van der Waals surface area contributed by atoms with Crippen molar-refractivity contribution < 1.29 is 19.1 Å². The maximum atomic E-state index is 12.2. The minimum Gasteiger partial charge on any atom is -0.449 e. The maximum absolute atomic E-state index is 12.2. The first-order chi connectivity index (χ1) is 22.9. The summed E-state index contributed by atoms with van der Waals surface area (Å²) in [5.74, 6) is 1.82. The number of piperazine rings is 2. The first-order valence-corrected chi connectivity index (χ1v) is 18.3. The van der Waals surface area contributed by atoms with Gasteiger partial charge in [-0.2, -0.15) is 0 Å². The summed E-state index contributed by atoms with van der Waals surface area (Å²) in [5, 5.41) is 3.42. The van der Waals surface area contributed by atoms with Crippen LogP contribution in [-0.2, 0) is 22.7 Å². The highest BCUT2D eigenvalue weighted by Crippen LogP contribution is 2.28. The van der Waals surface area contributed by atoms with Gasteiger partial charge < -0.3 is 19.7 Å². The van der Waals surface area contributed by atoms with Crippen molar-refractivity contribution in [2.24, 2.45) is 11.8 Å². The van der Waals surface area contributed by atoms with E-state index in [0.717, 1.165) is 61.2 Å². The van der Waals surface area contributed by atoms with Gasteiger partial charge in [0.25, 0.3) is 0 Å². The summed E-state index contributed by atoms with van der Waals surface area (Å²) in [6.07, 6.45) is 11.0. The molecule has 0 unspecified atom stereocenters. The van der Waals surface area contributed by atoms with Crippen LogP contribution in [0.15, 0.2) is 60.7 Å². The summed E-state index contributed by atoms with van der Waals surface area (Å²) in [4.78, 5) is 29.5. The van der Waals surface area contributed by atoms with Crippen LogP contribution in [0.3, 0.4) is 0 Å². The predicted octanol–water partition coefficient (Wildman–Crippen LogP) is 7.55. The highest BCUT2D eigenvalue weighted by molar-refractivity contribution is 6.61. The third-order valence-corrected chi connectivity index (χ3v) is 10.1. The highest BCUT2D eigenvalue weighted by atomic mass is 35.5. The number of amides is 1. The molecule has 0 radical (unpaired) electrons. The maximum Gasteiger partial charge on any atom is 0.410 e. The van der Waals surface area contributed by atoms with E-state index in [2.05, 4.69) is 33.7 Å². The summed E-state index contributed by atoms with van der Waals surface area (Å²) in [7, 11) is 0. The molecule has 1 N–H and O–H groups in total. The molecule has 4 aliphatic rings. The lowest BCUT2D eigenvalue weighted by atomic mass is 9.86. The Bertz CT molecular complexity index is 1160. The van der Waals surface area contributed by atoms with E-state index in [1.807, 2.05) is 65.6 Å². The summed E-state index contributed by atoms with van der Waals surface area (Å²) in [5.41, 5.74) is 1.20.